The standard InChI is InChI=1S/C16H18ClN3O3S/c1-22-14-3-2-11(17)8-13(14)15(21)18-9-12-10-24-16(19-12)20-4-6-23-7-5-20/h2-3,8,10H,4-7,9H2,1H3,(H,18,21). The van der Waals surface area contributed by atoms with Crippen molar-refractivity contribution in [3.05, 3.63) is 39.9 Å². The van der Waals surface area contributed by atoms with Crippen LogP contribution in [0.25, 0.3) is 0 Å². The number of rotatable bonds is 5. The quantitative estimate of drug-likeness (QED) is 0.880. The van der Waals surface area contributed by atoms with Gasteiger partial charge in [0.25, 0.3) is 5.91 Å². The molecular formula is C16H18ClN3O3S. The molecule has 0 unspecified atom stereocenters. The fraction of sp³-hybridized carbons (Fsp3) is 0.375. The van der Waals surface area contributed by atoms with Gasteiger partial charge in [-0.1, -0.05) is 11.6 Å². The summed E-state index contributed by atoms with van der Waals surface area (Å²) in [5.74, 6) is 0.249. The summed E-state index contributed by atoms with van der Waals surface area (Å²) in [7, 11) is 1.52. The van der Waals surface area contributed by atoms with Crippen molar-refractivity contribution in [2.45, 2.75) is 6.54 Å². The molecule has 8 heteroatoms. The molecule has 0 aliphatic carbocycles. The summed E-state index contributed by atoms with van der Waals surface area (Å²) in [6.45, 7) is 3.49. The van der Waals surface area contributed by atoms with Gasteiger partial charge in [0.1, 0.15) is 5.75 Å². The van der Waals surface area contributed by atoms with Crippen LogP contribution in [0.2, 0.25) is 5.02 Å². The normalized spacial score (nSPS) is 14.5. The van der Waals surface area contributed by atoms with Crippen molar-refractivity contribution in [2.75, 3.05) is 38.3 Å². The van der Waals surface area contributed by atoms with Crippen LogP contribution in [0.15, 0.2) is 23.6 Å². The number of amides is 1. The molecule has 1 aromatic carbocycles. The first kappa shape index (κ1) is 17.0. The van der Waals surface area contributed by atoms with E-state index in [-0.39, 0.29) is 5.91 Å². The van der Waals surface area contributed by atoms with Crippen LogP contribution in [-0.2, 0) is 11.3 Å². The highest BCUT2D eigenvalue weighted by Gasteiger charge is 2.16. The van der Waals surface area contributed by atoms with Gasteiger partial charge in [0.15, 0.2) is 5.13 Å². The maximum Gasteiger partial charge on any atom is 0.255 e. The average Bonchev–Trinajstić information content (AvgIpc) is 3.09. The summed E-state index contributed by atoms with van der Waals surface area (Å²) in [5.41, 5.74) is 1.24. The zero-order valence-electron chi connectivity index (χ0n) is 13.3. The van der Waals surface area contributed by atoms with Crippen molar-refractivity contribution < 1.29 is 14.3 Å². The number of ether oxygens (including phenoxy) is 2. The fourth-order valence-electron chi connectivity index (χ4n) is 2.40. The van der Waals surface area contributed by atoms with Crippen LogP contribution in [0, 0.1) is 0 Å². The molecular weight excluding hydrogens is 350 g/mol. The van der Waals surface area contributed by atoms with E-state index in [0.717, 1.165) is 37.1 Å². The van der Waals surface area contributed by atoms with E-state index in [1.165, 1.54) is 7.11 Å². The first-order valence-corrected chi connectivity index (χ1v) is 8.82. The number of carbonyl (C=O) groups excluding carboxylic acids is 1. The number of benzene rings is 1. The van der Waals surface area contributed by atoms with Crippen molar-refractivity contribution in [3.63, 3.8) is 0 Å². The third kappa shape index (κ3) is 3.98. The maximum atomic E-state index is 12.4. The highest BCUT2D eigenvalue weighted by Crippen LogP contribution is 2.23. The number of nitrogens with zero attached hydrogens (tertiary/aromatic N) is 2. The minimum atomic E-state index is -0.240. The second-order valence-corrected chi connectivity index (χ2v) is 6.52. The smallest absolute Gasteiger partial charge is 0.255 e. The average molecular weight is 368 g/mol. The van der Waals surface area contributed by atoms with Gasteiger partial charge in [-0.2, -0.15) is 0 Å². The predicted octanol–water partition coefficient (Wildman–Crippen LogP) is 2.57. The lowest BCUT2D eigenvalue weighted by Gasteiger charge is -2.26. The van der Waals surface area contributed by atoms with E-state index >= 15 is 0 Å². The summed E-state index contributed by atoms with van der Waals surface area (Å²) in [6.07, 6.45) is 0. The Balaban J connectivity index is 1.62. The molecule has 1 aromatic heterocycles. The van der Waals surface area contributed by atoms with Crippen molar-refractivity contribution in [1.29, 1.82) is 0 Å². The molecule has 24 heavy (non-hydrogen) atoms. The predicted molar refractivity (Wildman–Crippen MR) is 94.3 cm³/mol. The molecule has 0 radical (unpaired) electrons. The Morgan fingerprint density at radius 3 is 3.00 bits per heavy atom. The number of morpholine rings is 1. The van der Waals surface area contributed by atoms with Crippen LogP contribution < -0.4 is 15.0 Å². The van der Waals surface area contributed by atoms with Gasteiger partial charge in [-0.05, 0) is 18.2 Å². The molecule has 0 saturated carbocycles. The van der Waals surface area contributed by atoms with Crippen molar-refractivity contribution in [1.82, 2.24) is 10.3 Å². The molecule has 128 valence electrons. The highest BCUT2D eigenvalue weighted by molar-refractivity contribution is 7.13. The Kier molecular flexibility index (Phi) is 5.55. The Morgan fingerprint density at radius 1 is 1.46 bits per heavy atom. The first-order chi connectivity index (χ1) is 11.7. The third-order valence-corrected chi connectivity index (χ3v) is 4.84. The minimum Gasteiger partial charge on any atom is -0.496 e. The van der Waals surface area contributed by atoms with Gasteiger partial charge < -0.3 is 19.7 Å². The molecule has 6 nitrogen and oxygen atoms in total. The zero-order chi connectivity index (χ0) is 16.9. The number of carbonyl (C=O) groups is 1. The first-order valence-electron chi connectivity index (χ1n) is 7.56. The van der Waals surface area contributed by atoms with Crippen LogP contribution in [0.5, 0.6) is 5.75 Å². The van der Waals surface area contributed by atoms with E-state index in [9.17, 15) is 4.79 Å². The number of methoxy groups -OCH3 is 1. The largest absolute Gasteiger partial charge is 0.496 e. The maximum absolute atomic E-state index is 12.4. The van der Waals surface area contributed by atoms with Gasteiger partial charge in [-0.25, -0.2) is 4.98 Å². The Morgan fingerprint density at radius 2 is 2.25 bits per heavy atom. The lowest BCUT2D eigenvalue weighted by Crippen LogP contribution is -2.36. The van der Waals surface area contributed by atoms with Crippen LogP contribution in [0.3, 0.4) is 0 Å². The van der Waals surface area contributed by atoms with Crippen LogP contribution >= 0.6 is 22.9 Å². The van der Waals surface area contributed by atoms with E-state index in [1.807, 2.05) is 5.38 Å². The van der Waals surface area contributed by atoms with Crippen molar-refractivity contribution >= 4 is 34.0 Å². The number of hydrogen-bond acceptors (Lipinski definition) is 6. The number of anilines is 1. The number of thiazole rings is 1. The van der Waals surface area contributed by atoms with E-state index < -0.39 is 0 Å². The van der Waals surface area contributed by atoms with E-state index in [1.54, 1.807) is 29.5 Å². The molecule has 1 aliphatic heterocycles. The summed E-state index contributed by atoms with van der Waals surface area (Å²) >= 11 is 7.54. The van der Waals surface area contributed by atoms with Gasteiger partial charge >= 0.3 is 0 Å². The van der Waals surface area contributed by atoms with Gasteiger partial charge in [0, 0.05) is 23.5 Å². The third-order valence-electron chi connectivity index (χ3n) is 3.66. The highest BCUT2D eigenvalue weighted by atomic mass is 35.5. The monoisotopic (exact) mass is 367 g/mol. The molecule has 0 bridgehead atoms. The van der Waals surface area contributed by atoms with Gasteiger partial charge in [-0.3, -0.25) is 4.79 Å². The lowest BCUT2D eigenvalue weighted by molar-refractivity contribution is 0.0947. The van der Waals surface area contributed by atoms with Crippen LogP contribution in [0.4, 0.5) is 5.13 Å². The summed E-state index contributed by atoms with van der Waals surface area (Å²) in [5, 5.41) is 6.27. The number of nitrogens with one attached hydrogen (secondary N) is 1. The SMILES string of the molecule is COc1ccc(Cl)cc1C(=O)NCc1csc(N2CCOCC2)n1. The van der Waals surface area contributed by atoms with Gasteiger partial charge in [0.2, 0.25) is 0 Å². The second kappa shape index (κ2) is 7.83. The van der Waals surface area contributed by atoms with E-state index in [2.05, 4.69) is 15.2 Å². The topological polar surface area (TPSA) is 63.7 Å². The molecule has 1 aliphatic rings. The molecule has 0 spiro atoms. The Labute approximate surface area is 149 Å². The van der Waals surface area contributed by atoms with E-state index in [4.69, 9.17) is 21.1 Å². The second-order valence-electron chi connectivity index (χ2n) is 5.25. The van der Waals surface area contributed by atoms with Gasteiger partial charge in [-0.15, -0.1) is 11.3 Å². The minimum absolute atomic E-state index is 0.240. The lowest BCUT2D eigenvalue weighted by atomic mass is 10.2. The number of hydrogen-bond donors (Lipinski definition) is 1. The Hall–Kier alpha value is -1.83. The molecule has 1 amide bonds. The molecule has 1 saturated heterocycles. The fourth-order valence-corrected chi connectivity index (χ4v) is 3.45. The molecule has 2 heterocycles. The van der Waals surface area contributed by atoms with Crippen molar-refractivity contribution in [2.24, 2.45) is 0 Å². The summed E-state index contributed by atoms with van der Waals surface area (Å²) in [6, 6.07) is 4.96. The van der Waals surface area contributed by atoms with E-state index in [0.29, 0.717) is 22.9 Å². The number of halogens is 1. The van der Waals surface area contributed by atoms with Gasteiger partial charge in [0.05, 0.1) is 38.1 Å². The summed E-state index contributed by atoms with van der Waals surface area (Å²) in [4.78, 5) is 19.1. The molecule has 2 aromatic rings. The molecule has 1 N–H and O–H groups in total. The molecule has 0 atom stereocenters. The van der Waals surface area contributed by atoms with Crippen LogP contribution in [0.1, 0.15) is 16.1 Å². The van der Waals surface area contributed by atoms with Crippen LogP contribution in [-0.4, -0.2) is 44.3 Å². The Bertz CT molecular complexity index is 716. The number of aromatic nitrogens is 1. The zero-order valence-corrected chi connectivity index (χ0v) is 14.8. The summed E-state index contributed by atoms with van der Waals surface area (Å²) < 4.78 is 10.5. The molecule has 1 fully saturated rings. The molecule has 3 rings (SSSR count). The van der Waals surface area contributed by atoms with Crippen molar-refractivity contribution in [3.8, 4) is 5.75 Å².